The molecule has 0 aliphatic carbocycles. The number of sulfonamides is 1. The molecule has 0 saturated heterocycles. The molecule has 0 unspecified atom stereocenters. The molecule has 0 spiro atoms. The molecule has 2 amide bonds. The number of carbonyl (C=O) groups is 2. The first-order valence-corrected chi connectivity index (χ1v) is 14.6. The van der Waals surface area contributed by atoms with Crippen molar-refractivity contribution in [3.63, 3.8) is 0 Å². The van der Waals surface area contributed by atoms with Crippen LogP contribution in [-0.4, -0.2) is 50.5 Å². The number of halogens is 2. The van der Waals surface area contributed by atoms with Crippen molar-refractivity contribution in [1.82, 2.24) is 10.2 Å². The molecular weight excluding hydrogens is 521 g/mol. The molecule has 0 aliphatic heterocycles. The Balaban J connectivity index is 2.17. The topological polar surface area (TPSA) is 86.8 Å². The Bertz CT molecular complexity index is 1140. The van der Waals surface area contributed by atoms with E-state index >= 15 is 0 Å². The summed E-state index contributed by atoms with van der Waals surface area (Å²) in [6.07, 6.45) is 3.29. The van der Waals surface area contributed by atoms with Gasteiger partial charge in [-0.25, -0.2) is 8.42 Å². The molecule has 10 heteroatoms. The fraction of sp³-hybridized carbons (Fsp3) is 0.462. The van der Waals surface area contributed by atoms with Crippen LogP contribution in [0.4, 0.5) is 5.69 Å². The smallest absolute Gasteiger partial charge is 0.242 e. The van der Waals surface area contributed by atoms with Crippen molar-refractivity contribution in [3.8, 4) is 0 Å². The largest absolute Gasteiger partial charge is 0.354 e. The Kier molecular flexibility index (Phi) is 11.5. The minimum absolute atomic E-state index is 0.0752. The van der Waals surface area contributed by atoms with E-state index in [1.807, 2.05) is 26.0 Å². The molecule has 2 aromatic carbocycles. The normalized spacial score (nSPS) is 12.2. The van der Waals surface area contributed by atoms with Crippen molar-refractivity contribution in [2.75, 3.05) is 23.7 Å². The Labute approximate surface area is 224 Å². The van der Waals surface area contributed by atoms with Crippen LogP contribution < -0.4 is 9.62 Å². The molecule has 0 radical (unpaired) electrons. The lowest BCUT2D eigenvalue weighted by atomic mass is 10.1. The van der Waals surface area contributed by atoms with Crippen molar-refractivity contribution in [1.29, 1.82) is 0 Å². The third kappa shape index (κ3) is 8.98. The first kappa shape index (κ1) is 29.9. The monoisotopic (exact) mass is 555 g/mol. The number of hydrogen-bond donors (Lipinski definition) is 1. The highest BCUT2D eigenvalue weighted by atomic mass is 35.5. The van der Waals surface area contributed by atoms with Gasteiger partial charge in [0.1, 0.15) is 6.04 Å². The Morgan fingerprint density at radius 2 is 1.67 bits per heavy atom. The van der Waals surface area contributed by atoms with Crippen molar-refractivity contribution in [2.45, 2.75) is 59.0 Å². The van der Waals surface area contributed by atoms with E-state index in [0.29, 0.717) is 22.3 Å². The zero-order chi connectivity index (χ0) is 26.9. The Hall–Kier alpha value is -2.29. The quantitative estimate of drug-likeness (QED) is 0.345. The average molecular weight is 557 g/mol. The Morgan fingerprint density at radius 3 is 2.28 bits per heavy atom. The van der Waals surface area contributed by atoms with Gasteiger partial charge in [0.05, 0.1) is 11.9 Å². The number of unbranched alkanes of at least 4 members (excludes halogenated alkanes) is 1. The third-order valence-corrected chi connectivity index (χ3v) is 7.52. The number of nitrogens with zero attached hydrogens (tertiary/aromatic N) is 2. The van der Waals surface area contributed by atoms with E-state index in [0.717, 1.165) is 30.2 Å². The molecule has 1 N–H and O–H groups in total. The molecule has 2 aromatic rings. The zero-order valence-corrected chi connectivity index (χ0v) is 23.6. The van der Waals surface area contributed by atoms with E-state index in [4.69, 9.17) is 23.2 Å². The van der Waals surface area contributed by atoms with Gasteiger partial charge in [0.2, 0.25) is 21.8 Å². The van der Waals surface area contributed by atoms with Gasteiger partial charge in [-0.05, 0) is 62.1 Å². The maximum atomic E-state index is 13.3. The average Bonchev–Trinajstić information content (AvgIpc) is 2.82. The summed E-state index contributed by atoms with van der Waals surface area (Å²) in [6, 6.07) is 11.5. The number of amides is 2. The first-order chi connectivity index (χ1) is 16.9. The number of hydrogen-bond acceptors (Lipinski definition) is 4. The molecule has 7 nitrogen and oxygen atoms in total. The van der Waals surface area contributed by atoms with Gasteiger partial charge < -0.3 is 10.2 Å². The lowest BCUT2D eigenvalue weighted by Gasteiger charge is -2.29. The van der Waals surface area contributed by atoms with Crippen LogP contribution in [0.2, 0.25) is 10.0 Å². The molecule has 36 heavy (non-hydrogen) atoms. The summed E-state index contributed by atoms with van der Waals surface area (Å²) >= 11 is 12.1. The van der Waals surface area contributed by atoms with Crippen LogP contribution >= 0.6 is 23.2 Å². The highest BCUT2D eigenvalue weighted by Gasteiger charge is 2.27. The fourth-order valence-corrected chi connectivity index (χ4v) is 5.05. The van der Waals surface area contributed by atoms with Gasteiger partial charge in [-0.1, -0.05) is 54.7 Å². The molecule has 0 aromatic heterocycles. The van der Waals surface area contributed by atoms with E-state index < -0.39 is 16.1 Å². The van der Waals surface area contributed by atoms with Gasteiger partial charge in [-0.2, -0.15) is 0 Å². The van der Waals surface area contributed by atoms with Gasteiger partial charge in [0.15, 0.2) is 0 Å². The van der Waals surface area contributed by atoms with Crippen molar-refractivity contribution in [3.05, 3.63) is 63.6 Å². The maximum Gasteiger partial charge on any atom is 0.242 e. The SMILES string of the molecule is CCCCNC(=O)[C@@H](C)N(Cc1ccc(Cl)cc1)C(=O)CCCN(c1cc(Cl)ccc1C)S(C)(=O)=O. The number of carbonyl (C=O) groups excluding carboxylic acids is 2. The lowest BCUT2D eigenvalue weighted by Crippen LogP contribution is -2.48. The van der Waals surface area contributed by atoms with Gasteiger partial charge in [-0.3, -0.25) is 13.9 Å². The molecule has 2 rings (SSSR count). The molecule has 0 saturated carbocycles. The van der Waals surface area contributed by atoms with Gasteiger partial charge in [0, 0.05) is 36.1 Å². The zero-order valence-electron chi connectivity index (χ0n) is 21.3. The van der Waals surface area contributed by atoms with Crippen LogP contribution in [0.15, 0.2) is 42.5 Å². The number of nitrogens with one attached hydrogen (secondary N) is 1. The molecule has 0 aliphatic rings. The number of rotatable bonds is 13. The van der Waals surface area contributed by atoms with E-state index in [2.05, 4.69) is 5.32 Å². The minimum Gasteiger partial charge on any atom is -0.354 e. The van der Waals surface area contributed by atoms with Crippen LogP contribution in [0.1, 0.15) is 50.7 Å². The summed E-state index contributed by atoms with van der Waals surface area (Å²) in [7, 11) is -3.60. The summed E-state index contributed by atoms with van der Waals surface area (Å²) in [6.45, 7) is 6.44. The molecule has 0 fully saturated rings. The number of aryl methyl sites for hydroxylation is 1. The summed E-state index contributed by atoms with van der Waals surface area (Å²) in [5, 5.41) is 3.90. The first-order valence-electron chi connectivity index (χ1n) is 12.0. The second-order valence-electron chi connectivity index (χ2n) is 8.84. The molecule has 1 atom stereocenters. The highest BCUT2D eigenvalue weighted by Crippen LogP contribution is 2.27. The van der Waals surface area contributed by atoms with Crippen molar-refractivity contribution >= 4 is 50.7 Å². The maximum absolute atomic E-state index is 13.3. The van der Waals surface area contributed by atoms with Crippen LogP contribution in [0.25, 0.3) is 0 Å². The minimum atomic E-state index is -3.60. The standard InChI is InChI=1S/C26H35Cl2N3O4S/c1-5-6-15-29-26(33)20(3)30(18-21-10-13-22(27)14-11-21)25(32)8-7-16-31(36(4,34)35)24-17-23(28)12-9-19(24)2/h9-14,17,20H,5-8,15-16,18H2,1-4H3,(H,29,33)/t20-/m1/s1. The van der Waals surface area contributed by atoms with Gasteiger partial charge >= 0.3 is 0 Å². The van der Waals surface area contributed by atoms with Crippen molar-refractivity contribution < 1.29 is 18.0 Å². The predicted octanol–water partition coefficient (Wildman–Crippen LogP) is 5.18. The summed E-state index contributed by atoms with van der Waals surface area (Å²) < 4.78 is 26.3. The van der Waals surface area contributed by atoms with E-state index in [1.165, 1.54) is 9.21 Å². The van der Waals surface area contributed by atoms with Gasteiger partial charge in [-0.15, -0.1) is 0 Å². The molecule has 0 bridgehead atoms. The Morgan fingerprint density at radius 1 is 1.03 bits per heavy atom. The van der Waals surface area contributed by atoms with Crippen LogP contribution in [-0.2, 0) is 26.2 Å². The van der Waals surface area contributed by atoms with E-state index in [9.17, 15) is 18.0 Å². The summed E-state index contributed by atoms with van der Waals surface area (Å²) in [5.74, 6) is -0.461. The fourth-order valence-electron chi connectivity index (χ4n) is 3.74. The van der Waals surface area contributed by atoms with E-state index in [-0.39, 0.29) is 37.7 Å². The molecule has 0 heterocycles. The second kappa shape index (κ2) is 13.9. The predicted molar refractivity (Wildman–Crippen MR) is 147 cm³/mol. The molecule has 198 valence electrons. The number of anilines is 1. The number of benzene rings is 2. The molecular formula is C26H35Cl2N3O4S. The third-order valence-electron chi connectivity index (χ3n) is 5.86. The van der Waals surface area contributed by atoms with E-state index in [1.54, 1.807) is 37.3 Å². The van der Waals surface area contributed by atoms with Crippen LogP contribution in [0.3, 0.4) is 0 Å². The lowest BCUT2D eigenvalue weighted by molar-refractivity contribution is -0.140. The van der Waals surface area contributed by atoms with Crippen LogP contribution in [0, 0.1) is 6.92 Å². The van der Waals surface area contributed by atoms with Crippen LogP contribution in [0.5, 0.6) is 0 Å². The summed E-state index contributed by atoms with van der Waals surface area (Å²) in [4.78, 5) is 27.6. The second-order valence-corrected chi connectivity index (χ2v) is 11.6. The highest BCUT2D eigenvalue weighted by molar-refractivity contribution is 7.92. The van der Waals surface area contributed by atoms with Crippen molar-refractivity contribution in [2.24, 2.45) is 0 Å². The summed E-state index contributed by atoms with van der Waals surface area (Å²) in [5.41, 5.74) is 2.09. The van der Waals surface area contributed by atoms with Gasteiger partial charge in [0.25, 0.3) is 0 Å².